The van der Waals surface area contributed by atoms with Crippen molar-refractivity contribution in [3.05, 3.63) is 27.4 Å². The lowest BCUT2D eigenvalue weighted by Gasteiger charge is -2.29. The molecule has 0 fully saturated rings. The van der Waals surface area contributed by atoms with Crippen LogP contribution in [0.3, 0.4) is 0 Å². The largest absolute Gasteiger partial charge is 0.369 e. The minimum absolute atomic E-state index is 0.0557. The normalized spacial score (nSPS) is 11.7. The van der Waals surface area contributed by atoms with Gasteiger partial charge in [0, 0.05) is 6.54 Å². The molecule has 100 valence electrons. The van der Waals surface area contributed by atoms with Crippen molar-refractivity contribution in [3.63, 3.8) is 0 Å². The van der Waals surface area contributed by atoms with Crippen molar-refractivity contribution < 1.29 is 4.92 Å². The Hall–Kier alpha value is -1.36. The number of aromatic nitrogens is 1. The highest BCUT2D eigenvalue weighted by atomic mass is 35.5. The summed E-state index contributed by atoms with van der Waals surface area (Å²) in [4.78, 5) is 14.3. The highest BCUT2D eigenvalue weighted by Gasteiger charge is 2.22. The molecule has 0 spiro atoms. The molecule has 1 rings (SSSR count). The van der Waals surface area contributed by atoms with E-state index >= 15 is 0 Å². The fraction of sp³-hybridized carbons (Fsp3) is 0.583. The van der Waals surface area contributed by atoms with Crippen LogP contribution in [0.1, 0.15) is 27.7 Å². The summed E-state index contributed by atoms with van der Waals surface area (Å²) in [6, 6.07) is 2.63. The van der Waals surface area contributed by atoms with Crippen molar-refractivity contribution in [3.8, 4) is 0 Å². The Balaban J connectivity index is 2.83. The van der Waals surface area contributed by atoms with Crippen LogP contribution in [0, 0.1) is 21.4 Å². The first-order valence-electron chi connectivity index (χ1n) is 5.78. The summed E-state index contributed by atoms with van der Waals surface area (Å²) < 4.78 is 0. The molecule has 0 radical (unpaired) electrons. The molecule has 1 aromatic heterocycles. The first-order chi connectivity index (χ1) is 8.22. The van der Waals surface area contributed by atoms with Gasteiger partial charge in [0.15, 0.2) is 0 Å². The van der Waals surface area contributed by atoms with Crippen molar-refractivity contribution in [2.75, 3.05) is 11.9 Å². The number of nitrogens with one attached hydrogen (secondary N) is 1. The van der Waals surface area contributed by atoms with E-state index in [0.717, 1.165) is 0 Å². The minimum Gasteiger partial charge on any atom is -0.369 e. The standard InChI is InChI=1S/C12H18ClN3O2/c1-8(2)12(3,4)7-14-11-6-9(16(17)18)5-10(13)15-11/h5-6,8H,7H2,1-4H3,(H,14,15). The first kappa shape index (κ1) is 14.7. The molecule has 0 unspecified atom stereocenters. The third kappa shape index (κ3) is 3.84. The van der Waals surface area contributed by atoms with Crippen LogP contribution in [0.4, 0.5) is 11.5 Å². The van der Waals surface area contributed by atoms with Gasteiger partial charge < -0.3 is 5.32 Å². The zero-order valence-electron chi connectivity index (χ0n) is 11.0. The van der Waals surface area contributed by atoms with E-state index in [4.69, 9.17) is 11.6 Å². The number of anilines is 1. The number of pyridine rings is 1. The number of rotatable bonds is 5. The molecule has 1 heterocycles. The van der Waals surface area contributed by atoms with E-state index in [1.807, 2.05) is 0 Å². The third-order valence-electron chi connectivity index (χ3n) is 3.28. The van der Waals surface area contributed by atoms with Crippen LogP contribution in [0.2, 0.25) is 5.15 Å². The highest BCUT2D eigenvalue weighted by Crippen LogP contribution is 2.27. The van der Waals surface area contributed by atoms with Crippen molar-refractivity contribution in [2.45, 2.75) is 27.7 Å². The molecule has 0 amide bonds. The highest BCUT2D eigenvalue weighted by molar-refractivity contribution is 6.29. The second-order valence-electron chi connectivity index (χ2n) is 5.29. The Labute approximate surface area is 112 Å². The second-order valence-corrected chi connectivity index (χ2v) is 5.67. The maximum atomic E-state index is 10.7. The maximum Gasteiger partial charge on any atom is 0.276 e. The molecule has 1 aromatic rings. The van der Waals surface area contributed by atoms with E-state index in [-0.39, 0.29) is 16.3 Å². The van der Waals surface area contributed by atoms with Crippen LogP contribution in [0.5, 0.6) is 0 Å². The average Bonchev–Trinajstić information content (AvgIpc) is 2.25. The van der Waals surface area contributed by atoms with Crippen LogP contribution in [0.15, 0.2) is 12.1 Å². The molecule has 5 nitrogen and oxygen atoms in total. The second kappa shape index (κ2) is 5.52. The molecule has 0 saturated carbocycles. The Morgan fingerprint density at radius 3 is 2.61 bits per heavy atom. The van der Waals surface area contributed by atoms with Crippen LogP contribution < -0.4 is 5.32 Å². The molecule has 0 bridgehead atoms. The molecule has 0 aliphatic carbocycles. The average molecular weight is 272 g/mol. The molecule has 18 heavy (non-hydrogen) atoms. The number of nitrogens with zero attached hydrogens (tertiary/aromatic N) is 2. The Kier molecular flexibility index (Phi) is 4.51. The van der Waals surface area contributed by atoms with Crippen molar-refractivity contribution >= 4 is 23.1 Å². The number of hydrogen-bond donors (Lipinski definition) is 1. The molecular formula is C12H18ClN3O2. The van der Waals surface area contributed by atoms with Gasteiger partial charge in [0.05, 0.1) is 17.1 Å². The van der Waals surface area contributed by atoms with Crippen LogP contribution in [-0.2, 0) is 0 Å². The number of halogens is 1. The monoisotopic (exact) mass is 271 g/mol. The molecular weight excluding hydrogens is 254 g/mol. The summed E-state index contributed by atoms with van der Waals surface area (Å²) in [5.41, 5.74) is 0.0125. The predicted octanol–water partition coefficient (Wildman–Crippen LogP) is 3.74. The van der Waals surface area contributed by atoms with E-state index in [0.29, 0.717) is 18.3 Å². The van der Waals surface area contributed by atoms with Gasteiger partial charge in [-0.3, -0.25) is 10.1 Å². The van der Waals surface area contributed by atoms with Gasteiger partial charge in [0.1, 0.15) is 11.0 Å². The predicted molar refractivity (Wildman–Crippen MR) is 73.0 cm³/mol. The van der Waals surface area contributed by atoms with Crippen LogP contribution in [0.25, 0.3) is 0 Å². The summed E-state index contributed by atoms with van der Waals surface area (Å²) in [5.74, 6) is 0.919. The summed E-state index contributed by atoms with van der Waals surface area (Å²) in [6.45, 7) is 9.20. The zero-order chi connectivity index (χ0) is 13.9. The zero-order valence-corrected chi connectivity index (χ0v) is 11.8. The summed E-state index contributed by atoms with van der Waals surface area (Å²) >= 11 is 5.75. The molecule has 0 aromatic carbocycles. The summed E-state index contributed by atoms with van der Waals surface area (Å²) in [7, 11) is 0. The number of hydrogen-bond acceptors (Lipinski definition) is 4. The van der Waals surface area contributed by atoms with Gasteiger partial charge in [-0.05, 0) is 11.3 Å². The fourth-order valence-electron chi connectivity index (χ4n) is 1.20. The quantitative estimate of drug-likeness (QED) is 0.503. The van der Waals surface area contributed by atoms with Crippen molar-refractivity contribution in [1.82, 2.24) is 4.98 Å². The molecule has 0 atom stereocenters. The summed E-state index contributed by atoms with van der Waals surface area (Å²) in [5, 5.41) is 13.9. The van der Waals surface area contributed by atoms with Gasteiger partial charge in [-0.2, -0.15) is 0 Å². The minimum atomic E-state index is -0.480. The maximum absolute atomic E-state index is 10.7. The number of nitro groups is 1. The lowest BCUT2D eigenvalue weighted by atomic mass is 9.81. The summed E-state index contributed by atoms with van der Waals surface area (Å²) in [6.07, 6.45) is 0. The van der Waals surface area contributed by atoms with E-state index in [1.165, 1.54) is 12.1 Å². The fourth-order valence-corrected chi connectivity index (χ4v) is 1.40. The first-order valence-corrected chi connectivity index (χ1v) is 6.16. The molecule has 0 aliphatic rings. The third-order valence-corrected chi connectivity index (χ3v) is 3.47. The topological polar surface area (TPSA) is 68.1 Å². The van der Waals surface area contributed by atoms with Gasteiger partial charge in [0.2, 0.25) is 0 Å². The molecule has 6 heteroatoms. The lowest BCUT2D eigenvalue weighted by molar-refractivity contribution is -0.384. The Morgan fingerprint density at radius 1 is 1.50 bits per heavy atom. The van der Waals surface area contributed by atoms with Gasteiger partial charge in [-0.25, -0.2) is 4.98 Å². The SMILES string of the molecule is CC(C)C(C)(C)CNc1cc([N+](=O)[O-])cc(Cl)n1. The smallest absolute Gasteiger partial charge is 0.276 e. The van der Waals surface area contributed by atoms with Crippen LogP contribution >= 0.6 is 11.6 Å². The Bertz CT molecular complexity index is 447. The molecule has 0 saturated heterocycles. The van der Waals surface area contributed by atoms with E-state index in [1.54, 1.807) is 0 Å². The van der Waals surface area contributed by atoms with Gasteiger partial charge in [0.25, 0.3) is 5.69 Å². The van der Waals surface area contributed by atoms with E-state index < -0.39 is 4.92 Å². The van der Waals surface area contributed by atoms with E-state index in [9.17, 15) is 10.1 Å². The Morgan fingerprint density at radius 2 is 2.11 bits per heavy atom. The molecule has 1 N–H and O–H groups in total. The van der Waals surface area contributed by atoms with Crippen LogP contribution in [-0.4, -0.2) is 16.5 Å². The van der Waals surface area contributed by atoms with Gasteiger partial charge >= 0.3 is 0 Å². The lowest BCUT2D eigenvalue weighted by Crippen LogP contribution is -2.28. The van der Waals surface area contributed by atoms with E-state index in [2.05, 4.69) is 38.0 Å². The van der Waals surface area contributed by atoms with Gasteiger partial charge in [-0.15, -0.1) is 0 Å². The molecule has 0 aliphatic heterocycles. The van der Waals surface area contributed by atoms with Crippen molar-refractivity contribution in [2.24, 2.45) is 11.3 Å². The van der Waals surface area contributed by atoms with Gasteiger partial charge in [-0.1, -0.05) is 39.3 Å². The van der Waals surface area contributed by atoms with Crippen molar-refractivity contribution in [1.29, 1.82) is 0 Å².